The number of hydrogen-bond donors (Lipinski definition) is 3. The number of aryl methyl sites for hydroxylation is 1. The summed E-state index contributed by atoms with van der Waals surface area (Å²) in [5.74, 6) is -0.338. The molecule has 7 heteroatoms. The van der Waals surface area contributed by atoms with E-state index in [1.165, 1.54) is 11.3 Å². The molecule has 0 spiro atoms. The summed E-state index contributed by atoms with van der Waals surface area (Å²) in [6.07, 6.45) is 0. The fourth-order valence-electron chi connectivity index (χ4n) is 1.96. The quantitative estimate of drug-likeness (QED) is 0.786. The van der Waals surface area contributed by atoms with Gasteiger partial charge in [-0.25, -0.2) is 9.78 Å². The zero-order chi connectivity index (χ0) is 16.8. The van der Waals surface area contributed by atoms with Crippen LogP contribution in [0.25, 0.3) is 0 Å². The number of thiazole rings is 1. The highest BCUT2D eigenvalue weighted by atomic mass is 32.1. The standard InChI is InChI=1S/C16H20N4O2S/c1-10(2)13(14(21)20-16-17-11(3)9-23-16)19-15(22)18-12-7-5-4-6-8-12/h4-10,13H,1-3H3,(H,17,20,21)(H2,18,19,22). The normalized spacial score (nSPS) is 11.8. The van der Waals surface area contributed by atoms with Crippen LogP contribution in [-0.4, -0.2) is 23.0 Å². The van der Waals surface area contributed by atoms with E-state index in [9.17, 15) is 9.59 Å². The molecule has 0 saturated heterocycles. The summed E-state index contributed by atoms with van der Waals surface area (Å²) in [5, 5.41) is 10.5. The van der Waals surface area contributed by atoms with Crippen molar-refractivity contribution in [1.29, 1.82) is 0 Å². The van der Waals surface area contributed by atoms with E-state index in [0.717, 1.165) is 5.69 Å². The molecule has 122 valence electrons. The van der Waals surface area contributed by atoms with Crippen molar-refractivity contribution in [2.24, 2.45) is 5.92 Å². The van der Waals surface area contributed by atoms with Crippen LogP contribution >= 0.6 is 11.3 Å². The van der Waals surface area contributed by atoms with Gasteiger partial charge in [0, 0.05) is 11.1 Å². The number of para-hydroxylation sites is 1. The van der Waals surface area contributed by atoms with Gasteiger partial charge in [-0.1, -0.05) is 32.0 Å². The lowest BCUT2D eigenvalue weighted by atomic mass is 10.0. The Kier molecular flexibility index (Phi) is 5.70. The number of urea groups is 1. The molecule has 1 aromatic carbocycles. The molecule has 0 radical (unpaired) electrons. The summed E-state index contributed by atoms with van der Waals surface area (Å²) < 4.78 is 0. The van der Waals surface area contributed by atoms with E-state index >= 15 is 0 Å². The van der Waals surface area contributed by atoms with Crippen LogP contribution in [-0.2, 0) is 4.79 Å². The predicted molar refractivity (Wildman–Crippen MR) is 92.7 cm³/mol. The molecule has 3 N–H and O–H groups in total. The third-order valence-electron chi connectivity index (χ3n) is 3.12. The van der Waals surface area contributed by atoms with Crippen molar-refractivity contribution in [3.05, 3.63) is 41.4 Å². The Bertz CT molecular complexity index is 670. The smallest absolute Gasteiger partial charge is 0.319 e. The minimum Gasteiger partial charge on any atom is -0.326 e. The number of aromatic nitrogens is 1. The lowest BCUT2D eigenvalue weighted by molar-refractivity contribution is -0.118. The van der Waals surface area contributed by atoms with Gasteiger partial charge in [0.05, 0.1) is 5.69 Å². The van der Waals surface area contributed by atoms with Gasteiger partial charge in [0.15, 0.2) is 5.13 Å². The number of carbonyl (C=O) groups is 2. The second kappa shape index (κ2) is 7.73. The summed E-state index contributed by atoms with van der Waals surface area (Å²) in [6.45, 7) is 5.61. The monoisotopic (exact) mass is 332 g/mol. The van der Waals surface area contributed by atoms with Crippen LogP contribution in [0.5, 0.6) is 0 Å². The summed E-state index contributed by atoms with van der Waals surface area (Å²) in [7, 11) is 0. The summed E-state index contributed by atoms with van der Waals surface area (Å²) in [4.78, 5) is 28.6. The van der Waals surface area contributed by atoms with Gasteiger partial charge in [-0.15, -0.1) is 11.3 Å². The van der Waals surface area contributed by atoms with Gasteiger partial charge in [-0.05, 0) is 25.0 Å². The van der Waals surface area contributed by atoms with Gasteiger partial charge in [0.25, 0.3) is 0 Å². The Hall–Kier alpha value is -2.41. The molecule has 0 aliphatic carbocycles. The highest BCUT2D eigenvalue weighted by Gasteiger charge is 2.25. The van der Waals surface area contributed by atoms with Crippen LogP contribution in [0.4, 0.5) is 15.6 Å². The molecule has 0 saturated carbocycles. The van der Waals surface area contributed by atoms with Crippen LogP contribution in [0, 0.1) is 12.8 Å². The molecule has 0 aliphatic heterocycles. The number of amides is 3. The van der Waals surface area contributed by atoms with Gasteiger partial charge in [0.1, 0.15) is 6.04 Å². The van der Waals surface area contributed by atoms with Gasteiger partial charge < -0.3 is 16.0 Å². The molecule has 0 bridgehead atoms. The maximum atomic E-state index is 12.4. The number of nitrogens with zero attached hydrogens (tertiary/aromatic N) is 1. The number of hydrogen-bond acceptors (Lipinski definition) is 4. The van der Waals surface area contributed by atoms with Crippen molar-refractivity contribution in [3.8, 4) is 0 Å². The molecule has 1 aromatic heterocycles. The third kappa shape index (κ3) is 5.07. The predicted octanol–water partition coefficient (Wildman–Crippen LogP) is 3.24. The van der Waals surface area contributed by atoms with E-state index in [4.69, 9.17) is 0 Å². The molecule has 3 amide bonds. The summed E-state index contributed by atoms with van der Waals surface area (Å²) in [5.41, 5.74) is 1.52. The number of anilines is 2. The van der Waals surface area contributed by atoms with E-state index in [2.05, 4.69) is 20.9 Å². The molecular weight excluding hydrogens is 312 g/mol. The fraction of sp³-hybridized carbons (Fsp3) is 0.312. The maximum Gasteiger partial charge on any atom is 0.319 e. The van der Waals surface area contributed by atoms with Crippen LogP contribution < -0.4 is 16.0 Å². The molecule has 1 heterocycles. The van der Waals surface area contributed by atoms with Crippen molar-refractivity contribution in [2.75, 3.05) is 10.6 Å². The first-order valence-electron chi connectivity index (χ1n) is 7.31. The lowest BCUT2D eigenvalue weighted by Crippen LogP contribution is -2.48. The van der Waals surface area contributed by atoms with E-state index in [1.807, 2.05) is 44.4 Å². The van der Waals surface area contributed by atoms with Crippen LogP contribution in [0.3, 0.4) is 0 Å². The van der Waals surface area contributed by atoms with E-state index in [-0.39, 0.29) is 11.8 Å². The third-order valence-corrected chi connectivity index (χ3v) is 3.99. The van der Waals surface area contributed by atoms with Gasteiger partial charge in [-0.3, -0.25) is 4.79 Å². The van der Waals surface area contributed by atoms with Crippen LogP contribution in [0.2, 0.25) is 0 Å². The van der Waals surface area contributed by atoms with Crippen molar-refractivity contribution in [1.82, 2.24) is 10.3 Å². The molecule has 0 aliphatic rings. The first-order valence-corrected chi connectivity index (χ1v) is 8.19. The largest absolute Gasteiger partial charge is 0.326 e. The SMILES string of the molecule is Cc1csc(NC(=O)C(NC(=O)Nc2ccccc2)C(C)C)n1. The zero-order valence-electron chi connectivity index (χ0n) is 13.3. The Morgan fingerprint density at radius 1 is 1.13 bits per heavy atom. The van der Waals surface area contributed by atoms with Crippen LogP contribution in [0.15, 0.2) is 35.7 Å². The van der Waals surface area contributed by atoms with Crippen molar-refractivity contribution in [3.63, 3.8) is 0 Å². The van der Waals surface area contributed by atoms with Crippen molar-refractivity contribution < 1.29 is 9.59 Å². The summed E-state index contributed by atoms with van der Waals surface area (Å²) in [6, 6.07) is 8.01. The number of rotatable bonds is 5. The molecule has 23 heavy (non-hydrogen) atoms. The van der Waals surface area contributed by atoms with E-state index < -0.39 is 12.1 Å². The van der Waals surface area contributed by atoms with E-state index in [0.29, 0.717) is 10.8 Å². The molecule has 1 unspecified atom stereocenters. The Balaban J connectivity index is 1.97. The fourth-order valence-corrected chi connectivity index (χ4v) is 2.65. The maximum absolute atomic E-state index is 12.4. The highest BCUT2D eigenvalue weighted by molar-refractivity contribution is 7.13. The van der Waals surface area contributed by atoms with Crippen LogP contribution in [0.1, 0.15) is 19.5 Å². The first-order chi connectivity index (χ1) is 11.0. The van der Waals surface area contributed by atoms with E-state index in [1.54, 1.807) is 12.1 Å². The molecular formula is C16H20N4O2S. The summed E-state index contributed by atoms with van der Waals surface area (Å²) >= 11 is 1.36. The second-order valence-corrected chi connectivity index (χ2v) is 6.33. The second-order valence-electron chi connectivity index (χ2n) is 5.47. The topological polar surface area (TPSA) is 83.1 Å². The molecule has 0 fully saturated rings. The van der Waals surface area contributed by atoms with Crippen molar-refractivity contribution in [2.45, 2.75) is 26.8 Å². The highest BCUT2D eigenvalue weighted by Crippen LogP contribution is 2.16. The average Bonchev–Trinajstić information content (AvgIpc) is 2.90. The zero-order valence-corrected chi connectivity index (χ0v) is 14.1. The number of nitrogens with one attached hydrogen (secondary N) is 3. The van der Waals surface area contributed by atoms with Gasteiger partial charge in [-0.2, -0.15) is 0 Å². The lowest BCUT2D eigenvalue weighted by Gasteiger charge is -2.21. The Labute approximate surface area is 139 Å². The first kappa shape index (κ1) is 17.0. The Morgan fingerprint density at radius 3 is 2.39 bits per heavy atom. The molecule has 2 rings (SSSR count). The number of carbonyl (C=O) groups excluding carboxylic acids is 2. The minimum absolute atomic E-state index is 0.0578. The molecule has 2 aromatic rings. The molecule has 1 atom stereocenters. The van der Waals surface area contributed by atoms with Gasteiger partial charge >= 0.3 is 6.03 Å². The van der Waals surface area contributed by atoms with Crippen molar-refractivity contribution >= 4 is 34.1 Å². The Morgan fingerprint density at radius 2 is 1.83 bits per heavy atom. The van der Waals surface area contributed by atoms with Gasteiger partial charge in [0.2, 0.25) is 5.91 Å². The average molecular weight is 332 g/mol. The minimum atomic E-state index is -0.650. The number of benzene rings is 1. The molecule has 6 nitrogen and oxygen atoms in total.